The summed E-state index contributed by atoms with van der Waals surface area (Å²) in [4.78, 5) is 15.1. The van der Waals surface area contributed by atoms with E-state index in [1.165, 1.54) is 18.2 Å². The largest absolute Gasteiger partial charge is 0.461 e. The van der Waals surface area contributed by atoms with Crippen LogP contribution in [-0.4, -0.2) is 18.4 Å². The van der Waals surface area contributed by atoms with Crippen molar-refractivity contribution in [1.82, 2.24) is 0 Å². The van der Waals surface area contributed by atoms with E-state index in [0.717, 1.165) is 11.1 Å². The molecule has 1 heterocycles. The highest BCUT2D eigenvalue weighted by Crippen LogP contribution is 2.40. The van der Waals surface area contributed by atoms with Crippen LogP contribution in [0, 0.1) is 6.92 Å². The van der Waals surface area contributed by atoms with Crippen LogP contribution in [0.1, 0.15) is 42.0 Å². The van der Waals surface area contributed by atoms with E-state index in [1.807, 2.05) is 74.5 Å². The van der Waals surface area contributed by atoms with E-state index >= 15 is 0 Å². The summed E-state index contributed by atoms with van der Waals surface area (Å²) in [6.45, 7) is 3.97. The molecule has 3 aromatic carbocycles. The number of ether oxygens (including phenoxy) is 1. The molecule has 0 spiro atoms. The number of anilines is 1. The van der Waals surface area contributed by atoms with Crippen LogP contribution in [0.2, 0.25) is 0 Å². The van der Waals surface area contributed by atoms with E-state index in [2.05, 4.69) is 4.74 Å². The number of alkyl halides is 4. The van der Waals surface area contributed by atoms with Crippen molar-refractivity contribution < 1.29 is 27.1 Å². The Hall–Kier alpha value is -3.61. The third-order valence-electron chi connectivity index (χ3n) is 6.05. The monoisotopic (exact) mass is 483 g/mol. The minimum absolute atomic E-state index is 0.0735. The first-order valence-electron chi connectivity index (χ1n) is 11.3. The molecule has 1 amide bonds. The van der Waals surface area contributed by atoms with Gasteiger partial charge < -0.3 is 4.74 Å². The van der Waals surface area contributed by atoms with Crippen molar-refractivity contribution in [2.45, 2.75) is 44.8 Å². The van der Waals surface area contributed by atoms with Gasteiger partial charge >= 0.3 is 12.5 Å². The molecular weight excluding hydrogens is 458 g/mol. The number of hydrogen-bond donors (Lipinski definition) is 0. The molecule has 4 rings (SSSR count). The molecular formula is C28H25F4NO2. The number of amides is 1. The SMILES string of the molecule is Cc1ccc(N2C(=O)C(C[C@H](C)c3ccccc3)=C[C@@H]2c2cccc(OC(F)(F)C(F)F)c2)cc1. The third kappa shape index (κ3) is 5.39. The van der Waals surface area contributed by atoms with Crippen molar-refractivity contribution in [2.24, 2.45) is 0 Å². The van der Waals surface area contributed by atoms with Gasteiger partial charge in [0.2, 0.25) is 0 Å². The number of carbonyl (C=O) groups is 1. The molecule has 0 aromatic heterocycles. The van der Waals surface area contributed by atoms with E-state index in [4.69, 9.17) is 0 Å². The van der Waals surface area contributed by atoms with Crippen molar-refractivity contribution in [2.75, 3.05) is 4.90 Å². The lowest BCUT2D eigenvalue weighted by molar-refractivity contribution is -0.253. The molecule has 0 saturated carbocycles. The molecule has 0 bridgehead atoms. The molecule has 35 heavy (non-hydrogen) atoms. The van der Waals surface area contributed by atoms with Crippen LogP contribution >= 0.6 is 0 Å². The Balaban J connectivity index is 1.69. The van der Waals surface area contributed by atoms with Gasteiger partial charge in [0.25, 0.3) is 5.91 Å². The number of aryl methyl sites for hydroxylation is 1. The summed E-state index contributed by atoms with van der Waals surface area (Å²) in [5, 5.41) is 0. The van der Waals surface area contributed by atoms with E-state index in [-0.39, 0.29) is 11.8 Å². The second kappa shape index (κ2) is 9.94. The van der Waals surface area contributed by atoms with Gasteiger partial charge in [-0.2, -0.15) is 17.6 Å². The Kier molecular flexibility index (Phi) is 6.96. The van der Waals surface area contributed by atoms with Crippen LogP contribution in [0.15, 0.2) is 90.5 Å². The molecule has 0 radical (unpaired) electrons. The molecule has 2 atom stereocenters. The van der Waals surface area contributed by atoms with Gasteiger partial charge in [-0.15, -0.1) is 0 Å². The third-order valence-corrected chi connectivity index (χ3v) is 6.05. The summed E-state index contributed by atoms with van der Waals surface area (Å²) in [6.07, 6.45) is -6.28. The Bertz CT molecular complexity index is 1210. The molecule has 0 N–H and O–H groups in total. The van der Waals surface area contributed by atoms with Gasteiger partial charge in [-0.1, -0.05) is 67.1 Å². The first-order valence-corrected chi connectivity index (χ1v) is 11.3. The molecule has 0 aliphatic carbocycles. The molecule has 7 heteroatoms. The van der Waals surface area contributed by atoms with Crippen molar-refractivity contribution in [3.63, 3.8) is 0 Å². The van der Waals surface area contributed by atoms with Gasteiger partial charge in [-0.3, -0.25) is 9.69 Å². The topological polar surface area (TPSA) is 29.5 Å². The molecule has 0 fully saturated rings. The van der Waals surface area contributed by atoms with Crippen molar-refractivity contribution in [3.8, 4) is 5.75 Å². The van der Waals surface area contributed by atoms with Crippen LogP contribution in [0.25, 0.3) is 0 Å². The fraction of sp³-hybridized carbons (Fsp3) is 0.250. The fourth-order valence-electron chi connectivity index (χ4n) is 4.19. The van der Waals surface area contributed by atoms with Gasteiger partial charge in [0.1, 0.15) is 5.75 Å². The maximum absolute atomic E-state index is 13.6. The maximum Gasteiger partial charge on any atom is 0.461 e. The van der Waals surface area contributed by atoms with Crippen molar-refractivity contribution >= 4 is 11.6 Å². The average Bonchev–Trinajstić information content (AvgIpc) is 3.16. The van der Waals surface area contributed by atoms with E-state index in [0.29, 0.717) is 23.2 Å². The van der Waals surface area contributed by atoms with Crippen LogP contribution in [0.5, 0.6) is 5.75 Å². The molecule has 1 aliphatic heterocycles. The van der Waals surface area contributed by atoms with Crippen LogP contribution in [-0.2, 0) is 4.79 Å². The summed E-state index contributed by atoms with van der Waals surface area (Å²) < 4.78 is 56.6. The summed E-state index contributed by atoms with van der Waals surface area (Å²) in [7, 11) is 0. The Morgan fingerprint density at radius 2 is 1.66 bits per heavy atom. The summed E-state index contributed by atoms with van der Waals surface area (Å²) in [5.41, 5.74) is 3.83. The highest BCUT2D eigenvalue weighted by Gasteiger charge is 2.44. The number of rotatable bonds is 8. The van der Waals surface area contributed by atoms with Gasteiger partial charge in [-0.05, 0) is 60.7 Å². The number of hydrogen-bond acceptors (Lipinski definition) is 2. The van der Waals surface area contributed by atoms with Gasteiger partial charge in [-0.25, -0.2) is 0 Å². The number of benzene rings is 3. The van der Waals surface area contributed by atoms with E-state index in [1.54, 1.807) is 11.0 Å². The minimum atomic E-state index is -4.62. The van der Waals surface area contributed by atoms with Gasteiger partial charge in [0, 0.05) is 11.3 Å². The van der Waals surface area contributed by atoms with Crippen LogP contribution in [0.4, 0.5) is 23.2 Å². The average molecular weight is 484 g/mol. The van der Waals surface area contributed by atoms with Gasteiger partial charge in [0.05, 0.1) is 6.04 Å². The normalized spacial score (nSPS) is 17.0. The Morgan fingerprint density at radius 3 is 2.31 bits per heavy atom. The van der Waals surface area contributed by atoms with Crippen molar-refractivity contribution in [1.29, 1.82) is 0 Å². The zero-order valence-corrected chi connectivity index (χ0v) is 19.3. The highest BCUT2D eigenvalue weighted by atomic mass is 19.3. The smallest absolute Gasteiger partial charge is 0.428 e. The quantitative estimate of drug-likeness (QED) is 0.312. The minimum Gasteiger partial charge on any atom is -0.428 e. The lowest BCUT2D eigenvalue weighted by Gasteiger charge is -2.26. The lowest BCUT2D eigenvalue weighted by atomic mass is 9.93. The number of carbonyl (C=O) groups excluding carboxylic acids is 1. The number of halogens is 4. The maximum atomic E-state index is 13.6. The zero-order chi connectivity index (χ0) is 25.2. The first-order chi connectivity index (χ1) is 16.7. The van der Waals surface area contributed by atoms with Crippen molar-refractivity contribution in [3.05, 3.63) is 107 Å². The summed E-state index contributed by atoms with van der Waals surface area (Å²) in [6, 6.07) is 22.2. The zero-order valence-electron chi connectivity index (χ0n) is 19.3. The predicted molar refractivity (Wildman–Crippen MR) is 127 cm³/mol. The van der Waals surface area contributed by atoms with Crippen LogP contribution in [0.3, 0.4) is 0 Å². The molecule has 0 unspecified atom stereocenters. The molecule has 0 saturated heterocycles. The number of nitrogens with zero attached hydrogens (tertiary/aromatic N) is 1. The lowest BCUT2D eigenvalue weighted by Crippen LogP contribution is -2.33. The standard InChI is InChI=1S/C28H25F4NO2/c1-18-11-13-23(14-12-18)33-25(21-9-6-10-24(16-21)35-28(31,32)27(29)30)17-22(26(33)34)15-19(2)20-7-4-3-5-8-20/h3-14,16-17,19,25,27H,15H2,1-2H3/t19-,25+/m0/s1. The van der Waals surface area contributed by atoms with E-state index < -0.39 is 24.3 Å². The van der Waals surface area contributed by atoms with Gasteiger partial charge in [0.15, 0.2) is 0 Å². The Labute approximate surface area is 201 Å². The predicted octanol–water partition coefficient (Wildman–Crippen LogP) is 7.44. The molecule has 3 aromatic rings. The highest BCUT2D eigenvalue weighted by molar-refractivity contribution is 6.09. The van der Waals surface area contributed by atoms with E-state index in [9.17, 15) is 22.4 Å². The Morgan fingerprint density at radius 1 is 0.971 bits per heavy atom. The summed E-state index contributed by atoms with van der Waals surface area (Å²) >= 11 is 0. The fourth-order valence-corrected chi connectivity index (χ4v) is 4.19. The summed E-state index contributed by atoms with van der Waals surface area (Å²) in [5.74, 6) is -0.515. The molecule has 182 valence electrons. The second-order valence-corrected chi connectivity index (χ2v) is 8.70. The van der Waals surface area contributed by atoms with Crippen LogP contribution < -0.4 is 9.64 Å². The molecule has 1 aliphatic rings. The first kappa shape index (κ1) is 24.5. The second-order valence-electron chi connectivity index (χ2n) is 8.70. The molecule has 3 nitrogen and oxygen atoms in total.